The molecule has 3 nitrogen and oxygen atoms in total. The average Bonchev–Trinajstić information content (AvgIpc) is 2.42. The van der Waals surface area contributed by atoms with Gasteiger partial charge in [0.1, 0.15) is 0 Å². The van der Waals surface area contributed by atoms with Crippen molar-refractivity contribution in [3.8, 4) is 0 Å². The minimum absolute atomic E-state index is 0.528. The van der Waals surface area contributed by atoms with Gasteiger partial charge in [-0.1, -0.05) is 6.92 Å². The van der Waals surface area contributed by atoms with Crippen LogP contribution < -0.4 is 10.6 Å². The number of fused-ring (bicyclic) bond motifs is 1. The molecule has 1 aliphatic rings. The quantitative estimate of drug-likeness (QED) is 0.816. The molecule has 4 heteroatoms. The molecule has 0 amide bonds. The Morgan fingerprint density at radius 2 is 2.10 bits per heavy atom. The maximum Gasteiger partial charge on any atom is 0.0727 e. The van der Waals surface area contributed by atoms with Gasteiger partial charge in [-0.05, 0) is 38.1 Å². The Morgan fingerprint density at radius 3 is 2.90 bits per heavy atom. The van der Waals surface area contributed by atoms with Crippen molar-refractivity contribution < 1.29 is 0 Å². The van der Waals surface area contributed by atoms with E-state index in [0.29, 0.717) is 11.3 Å². The maximum absolute atomic E-state index is 5.97. The van der Waals surface area contributed by atoms with Crippen molar-refractivity contribution in [1.82, 2.24) is 4.98 Å². The number of hydrogen-bond donors (Lipinski definition) is 1. The molecule has 2 unspecified atom stereocenters. The first kappa shape index (κ1) is 13.6. The van der Waals surface area contributed by atoms with E-state index in [1.54, 1.807) is 0 Å². The summed E-state index contributed by atoms with van der Waals surface area (Å²) in [6.45, 7) is 7.77. The van der Waals surface area contributed by atoms with Gasteiger partial charge in [-0.25, -0.2) is 0 Å². The van der Waals surface area contributed by atoms with E-state index in [4.69, 9.17) is 5.73 Å². The summed E-state index contributed by atoms with van der Waals surface area (Å²) in [4.78, 5) is 7.14. The van der Waals surface area contributed by atoms with Gasteiger partial charge in [-0.2, -0.15) is 11.8 Å². The number of nitrogens with two attached hydrogens (primary N) is 1. The molecule has 0 saturated carbocycles. The fourth-order valence-corrected chi connectivity index (χ4v) is 3.96. The largest absolute Gasteiger partial charge is 0.399 e. The van der Waals surface area contributed by atoms with Gasteiger partial charge in [0.2, 0.25) is 0 Å². The molecule has 106 valence electrons. The lowest BCUT2D eigenvalue weighted by Crippen LogP contribution is -2.44. The number of nitrogens with zero attached hydrogens (tertiary/aromatic N) is 2. The molecule has 1 saturated heterocycles. The first-order chi connectivity index (χ1) is 9.56. The van der Waals surface area contributed by atoms with E-state index in [2.05, 4.69) is 54.5 Å². The monoisotopic (exact) mass is 287 g/mol. The molecule has 2 heterocycles. The number of pyridine rings is 1. The van der Waals surface area contributed by atoms with Crippen LogP contribution in [0.4, 0.5) is 11.4 Å². The van der Waals surface area contributed by atoms with E-state index in [9.17, 15) is 0 Å². The highest BCUT2D eigenvalue weighted by molar-refractivity contribution is 8.00. The normalized spacial score (nSPS) is 23.2. The second-order valence-electron chi connectivity index (χ2n) is 5.57. The van der Waals surface area contributed by atoms with Crippen LogP contribution in [0.1, 0.15) is 19.5 Å². The van der Waals surface area contributed by atoms with Crippen LogP contribution in [-0.2, 0) is 0 Å². The van der Waals surface area contributed by atoms with E-state index in [1.165, 1.54) is 16.8 Å². The Bertz CT molecular complexity index is 641. The Labute approximate surface area is 124 Å². The summed E-state index contributed by atoms with van der Waals surface area (Å²) in [5.74, 6) is 1.18. The molecule has 2 atom stereocenters. The fraction of sp³-hybridized carbons (Fsp3) is 0.438. The summed E-state index contributed by atoms with van der Waals surface area (Å²) in [7, 11) is 0. The second kappa shape index (κ2) is 5.17. The van der Waals surface area contributed by atoms with Crippen LogP contribution in [-0.4, -0.2) is 28.6 Å². The third-order valence-electron chi connectivity index (χ3n) is 4.13. The number of benzene rings is 1. The average molecular weight is 287 g/mol. The van der Waals surface area contributed by atoms with Gasteiger partial charge in [0.05, 0.1) is 5.52 Å². The minimum atomic E-state index is 0.528. The van der Waals surface area contributed by atoms with Crippen LogP contribution in [0.25, 0.3) is 10.9 Å². The van der Waals surface area contributed by atoms with Crippen LogP contribution in [0.2, 0.25) is 0 Å². The third-order valence-corrected chi connectivity index (χ3v) is 5.47. The Kier molecular flexibility index (Phi) is 3.50. The van der Waals surface area contributed by atoms with Crippen molar-refractivity contribution in [2.45, 2.75) is 32.1 Å². The van der Waals surface area contributed by atoms with Gasteiger partial charge in [0.15, 0.2) is 0 Å². The first-order valence-electron chi connectivity index (χ1n) is 7.11. The molecule has 1 aromatic heterocycles. The highest BCUT2D eigenvalue weighted by Gasteiger charge is 2.26. The standard InChI is InChI=1S/C16H21N3S/c1-10-8-16(19-6-7-20-12(3)11(19)2)14-9-13(17)4-5-15(14)18-10/h4-5,8-9,11-12H,6-7,17H2,1-3H3. The molecular formula is C16H21N3S. The molecule has 1 aliphatic heterocycles. The van der Waals surface area contributed by atoms with Crippen LogP contribution in [0.5, 0.6) is 0 Å². The van der Waals surface area contributed by atoms with E-state index < -0.39 is 0 Å². The van der Waals surface area contributed by atoms with Gasteiger partial charge < -0.3 is 10.6 Å². The predicted molar refractivity (Wildman–Crippen MR) is 89.6 cm³/mol. The Balaban J connectivity index is 2.16. The molecule has 1 aromatic carbocycles. The molecule has 0 radical (unpaired) electrons. The fourth-order valence-electron chi connectivity index (χ4n) is 2.86. The summed E-state index contributed by atoms with van der Waals surface area (Å²) in [5.41, 5.74) is 10.2. The molecule has 1 fully saturated rings. The number of anilines is 2. The third kappa shape index (κ3) is 2.33. The van der Waals surface area contributed by atoms with Crippen molar-refractivity contribution in [2.24, 2.45) is 0 Å². The number of aryl methyl sites for hydroxylation is 1. The Morgan fingerprint density at radius 1 is 1.30 bits per heavy atom. The minimum Gasteiger partial charge on any atom is -0.399 e. The topological polar surface area (TPSA) is 42.1 Å². The molecule has 0 spiro atoms. The van der Waals surface area contributed by atoms with Gasteiger partial charge in [0.25, 0.3) is 0 Å². The van der Waals surface area contributed by atoms with Gasteiger partial charge in [0, 0.05) is 46.0 Å². The summed E-state index contributed by atoms with van der Waals surface area (Å²) in [5, 5.41) is 1.81. The lowest BCUT2D eigenvalue weighted by Gasteiger charge is -2.39. The predicted octanol–water partition coefficient (Wildman–Crippen LogP) is 3.46. The van der Waals surface area contributed by atoms with Crippen molar-refractivity contribution in [2.75, 3.05) is 22.9 Å². The highest BCUT2D eigenvalue weighted by Crippen LogP contribution is 2.34. The number of thioether (sulfide) groups is 1. The lowest BCUT2D eigenvalue weighted by molar-refractivity contribution is 0.629. The second-order valence-corrected chi connectivity index (χ2v) is 7.05. The van der Waals surface area contributed by atoms with Crippen LogP contribution in [0, 0.1) is 6.92 Å². The Hall–Kier alpha value is -1.42. The summed E-state index contributed by atoms with van der Waals surface area (Å²) >= 11 is 2.06. The maximum atomic E-state index is 5.97. The number of hydrogen-bond acceptors (Lipinski definition) is 4. The molecule has 3 rings (SSSR count). The van der Waals surface area contributed by atoms with Crippen LogP contribution >= 0.6 is 11.8 Å². The summed E-state index contributed by atoms with van der Waals surface area (Å²) in [6.07, 6.45) is 0. The van der Waals surface area contributed by atoms with E-state index >= 15 is 0 Å². The van der Waals surface area contributed by atoms with Gasteiger partial charge in [-0.15, -0.1) is 0 Å². The summed E-state index contributed by atoms with van der Waals surface area (Å²) < 4.78 is 0. The zero-order valence-electron chi connectivity index (χ0n) is 12.3. The van der Waals surface area contributed by atoms with Crippen LogP contribution in [0.3, 0.4) is 0 Å². The van der Waals surface area contributed by atoms with E-state index in [-0.39, 0.29) is 0 Å². The van der Waals surface area contributed by atoms with Crippen molar-refractivity contribution in [3.63, 3.8) is 0 Å². The smallest absolute Gasteiger partial charge is 0.0727 e. The SMILES string of the molecule is Cc1cc(N2CCSC(C)C2C)c2cc(N)ccc2n1. The number of aromatic nitrogens is 1. The van der Waals surface area contributed by atoms with E-state index in [0.717, 1.165) is 23.4 Å². The molecular weight excluding hydrogens is 266 g/mol. The number of nitrogen functional groups attached to an aromatic ring is 1. The molecule has 2 aromatic rings. The van der Waals surface area contributed by atoms with Crippen LogP contribution in [0.15, 0.2) is 24.3 Å². The highest BCUT2D eigenvalue weighted by atomic mass is 32.2. The van der Waals surface area contributed by atoms with Crippen molar-refractivity contribution >= 4 is 34.0 Å². The molecule has 2 N–H and O–H groups in total. The van der Waals surface area contributed by atoms with Crippen molar-refractivity contribution in [3.05, 3.63) is 30.0 Å². The lowest BCUT2D eigenvalue weighted by atomic mass is 10.1. The number of rotatable bonds is 1. The van der Waals surface area contributed by atoms with Crippen molar-refractivity contribution in [1.29, 1.82) is 0 Å². The zero-order chi connectivity index (χ0) is 14.3. The molecule has 0 bridgehead atoms. The first-order valence-corrected chi connectivity index (χ1v) is 8.16. The molecule has 0 aliphatic carbocycles. The van der Waals surface area contributed by atoms with Gasteiger partial charge >= 0.3 is 0 Å². The zero-order valence-corrected chi connectivity index (χ0v) is 13.1. The molecule has 20 heavy (non-hydrogen) atoms. The van der Waals surface area contributed by atoms with E-state index in [1.807, 2.05) is 12.1 Å². The van der Waals surface area contributed by atoms with Gasteiger partial charge in [-0.3, -0.25) is 4.98 Å². The summed E-state index contributed by atoms with van der Waals surface area (Å²) in [6, 6.07) is 8.72.